The first kappa shape index (κ1) is 15.1. The zero-order valence-electron chi connectivity index (χ0n) is 13.3. The van der Waals surface area contributed by atoms with Crippen molar-refractivity contribution in [3.63, 3.8) is 0 Å². The lowest BCUT2D eigenvalue weighted by Crippen LogP contribution is -2.38. The molecule has 5 nitrogen and oxygen atoms in total. The highest BCUT2D eigenvalue weighted by molar-refractivity contribution is 6.21. The number of hydrogen-bond donors (Lipinski definition) is 0. The van der Waals surface area contributed by atoms with Crippen LogP contribution < -0.4 is 0 Å². The lowest BCUT2D eigenvalue weighted by molar-refractivity contribution is -0.162. The molecule has 122 valence electrons. The summed E-state index contributed by atoms with van der Waals surface area (Å²) >= 11 is 0. The molecule has 0 N–H and O–H groups in total. The molecule has 2 heterocycles. The molecule has 0 aliphatic carbocycles. The fourth-order valence-electron chi connectivity index (χ4n) is 3.23. The van der Waals surface area contributed by atoms with Gasteiger partial charge in [0.1, 0.15) is 6.10 Å². The SMILES string of the molecule is CC1(c2ccccc2)OCC(CN2C(=O)c3ccccc3C2=O)O1. The average Bonchev–Trinajstić information content (AvgIpc) is 3.11. The van der Waals surface area contributed by atoms with Gasteiger partial charge < -0.3 is 9.47 Å². The van der Waals surface area contributed by atoms with Crippen LogP contribution in [0.4, 0.5) is 0 Å². The number of carbonyl (C=O) groups excluding carboxylic acids is 2. The second-order valence-corrected chi connectivity index (χ2v) is 6.13. The van der Waals surface area contributed by atoms with Crippen LogP contribution in [-0.4, -0.2) is 36.0 Å². The van der Waals surface area contributed by atoms with Gasteiger partial charge in [-0.3, -0.25) is 14.5 Å². The lowest BCUT2D eigenvalue weighted by Gasteiger charge is -2.24. The monoisotopic (exact) mass is 323 g/mol. The lowest BCUT2D eigenvalue weighted by atomic mass is 10.1. The number of amides is 2. The zero-order chi connectivity index (χ0) is 16.7. The molecule has 2 unspecified atom stereocenters. The van der Waals surface area contributed by atoms with Crippen LogP contribution in [0.25, 0.3) is 0 Å². The molecule has 2 aromatic carbocycles. The first-order valence-corrected chi connectivity index (χ1v) is 7.91. The van der Waals surface area contributed by atoms with Crippen molar-refractivity contribution in [2.24, 2.45) is 0 Å². The molecule has 2 aromatic rings. The minimum Gasteiger partial charge on any atom is -0.343 e. The fourth-order valence-corrected chi connectivity index (χ4v) is 3.23. The van der Waals surface area contributed by atoms with Crippen molar-refractivity contribution in [1.29, 1.82) is 0 Å². The van der Waals surface area contributed by atoms with Crippen LogP contribution in [0.3, 0.4) is 0 Å². The third kappa shape index (κ3) is 2.33. The Morgan fingerprint density at radius 3 is 2.21 bits per heavy atom. The highest BCUT2D eigenvalue weighted by Gasteiger charge is 2.43. The van der Waals surface area contributed by atoms with E-state index in [0.29, 0.717) is 17.7 Å². The molecule has 5 heteroatoms. The van der Waals surface area contributed by atoms with E-state index >= 15 is 0 Å². The van der Waals surface area contributed by atoms with E-state index in [9.17, 15) is 9.59 Å². The Labute approximate surface area is 139 Å². The van der Waals surface area contributed by atoms with Gasteiger partial charge in [0.2, 0.25) is 0 Å². The number of carbonyl (C=O) groups is 2. The van der Waals surface area contributed by atoms with Crippen LogP contribution in [0.15, 0.2) is 54.6 Å². The number of ether oxygens (including phenoxy) is 2. The predicted octanol–water partition coefficient (Wildman–Crippen LogP) is 2.57. The van der Waals surface area contributed by atoms with Crippen LogP contribution in [-0.2, 0) is 15.3 Å². The zero-order valence-corrected chi connectivity index (χ0v) is 13.3. The van der Waals surface area contributed by atoms with Crippen molar-refractivity contribution in [1.82, 2.24) is 4.90 Å². The minimum atomic E-state index is -0.857. The third-order valence-corrected chi connectivity index (χ3v) is 4.50. The molecule has 1 fully saturated rings. The standard InChI is InChI=1S/C19H17NO4/c1-19(13-7-3-2-4-8-13)23-12-14(24-19)11-20-17(21)15-9-5-6-10-16(15)18(20)22/h2-10,14H,11-12H2,1H3. The molecule has 2 atom stereocenters. The molecule has 0 aromatic heterocycles. The van der Waals surface area contributed by atoms with E-state index in [1.807, 2.05) is 37.3 Å². The quantitative estimate of drug-likeness (QED) is 0.815. The van der Waals surface area contributed by atoms with Crippen LogP contribution in [0.1, 0.15) is 33.2 Å². The maximum Gasteiger partial charge on any atom is 0.261 e. The number of fused-ring (bicyclic) bond motifs is 1. The number of rotatable bonds is 3. The Hall–Kier alpha value is -2.50. The van der Waals surface area contributed by atoms with Gasteiger partial charge in [0.25, 0.3) is 11.8 Å². The number of imide groups is 1. The average molecular weight is 323 g/mol. The Kier molecular flexibility index (Phi) is 3.48. The Bertz CT molecular complexity index is 769. The Balaban J connectivity index is 1.50. The van der Waals surface area contributed by atoms with E-state index in [4.69, 9.17) is 9.47 Å². The van der Waals surface area contributed by atoms with E-state index in [1.165, 1.54) is 4.90 Å². The van der Waals surface area contributed by atoms with Gasteiger partial charge in [0.15, 0.2) is 5.79 Å². The van der Waals surface area contributed by atoms with E-state index in [-0.39, 0.29) is 24.5 Å². The van der Waals surface area contributed by atoms with Crippen molar-refractivity contribution >= 4 is 11.8 Å². The number of nitrogens with zero attached hydrogens (tertiary/aromatic N) is 1. The molecule has 2 amide bonds. The number of benzene rings is 2. The van der Waals surface area contributed by atoms with Crippen molar-refractivity contribution in [3.8, 4) is 0 Å². The smallest absolute Gasteiger partial charge is 0.261 e. The van der Waals surface area contributed by atoms with Gasteiger partial charge >= 0.3 is 0 Å². The molecular weight excluding hydrogens is 306 g/mol. The van der Waals surface area contributed by atoms with Crippen LogP contribution in [0.5, 0.6) is 0 Å². The summed E-state index contributed by atoms with van der Waals surface area (Å²) in [6, 6.07) is 16.5. The van der Waals surface area contributed by atoms with Gasteiger partial charge in [-0.25, -0.2) is 0 Å². The normalized spacial score (nSPS) is 26.0. The second kappa shape index (κ2) is 5.54. The van der Waals surface area contributed by atoms with E-state index in [0.717, 1.165) is 5.56 Å². The maximum atomic E-state index is 12.4. The van der Waals surface area contributed by atoms with Crippen molar-refractivity contribution in [2.45, 2.75) is 18.8 Å². The van der Waals surface area contributed by atoms with E-state index in [1.54, 1.807) is 24.3 Å². The molecule has 2 aliphatic rings. The summed E-state index contributed by atoms with van der Waals surface area (Å²) in [6.07, 6.45) is -0.350. The topological polar surface area (TPSA) is 55.8 Å². The largest absolute Gasteiger partial charge is 0.343 e. The van der Waals surface area contributed by atoms with E-state index < -0.39 is 5.79 Å². The summed E-state index contributed by atoms with van der Waals surface area (Å²) < 4.78 is 11.8. The fraction of sp³-hybridized carbons (Fsp3) is 0.263. The highest BCUT2D eigenvalue weighted by Crippen LogP contribution is 2.34. The summed E-state index contributed by atoms with van der Waals surface area (Å²) in [5.41, 5.74) is 1.81. The van der Waals surface area contributed by atoms with Crippen molar-refractivity contribution in [3.05, 3.63) is 71.3 Å². The summed E-state index contributed by atoms with van der Waals surface area (Å²) in [5.74, 6) is -1.40. The molecule has 2 aliphatic heterocycles. The highest BCUT2D eigenvalue weighted by atomic mass is 16.7. The molecule has 0 bridgehead atoms. The van der Waals surface area contributed by atoms with Gasteiger partial charge in [0, 0.05) is 5.56 Å². The van der Waals surface area contributed by atoms with Gasteiger partial charge in [0.05, 0.1) is 24.3 Å². The summed E-state index contributed by atoms with van der Waals surface area (Å²) in [7, 11) is 0. The van der Waals surface area contributed by atoms with Gasteiger partial charge in [-0.2, -0.15) is 0 Å². The Morgan fingerprint density at radius 2 is 1.58 bits per heavy atom. The van der Waals surface area contributed by atoms with Crippen molar-refractivity contribution < 1.29 is 19.1 Å². The van der Waals surface area contributed by atoms with Crippen molar-refractivity contribution in [2.75, 3.05) is 13.2 Å². The molecular formula is C19H17NO4. The second-order valence-electron chi connectivity index (χ2n) is 6.13. The van der Waals surface area contributed by atoms with Crippen LogP contribution >= 0.6 is 0 Å². The third-order valence-electron chi connectivity index (χ3n) is 4.50. The van der Waals surface area contributed by atoms with E-state index in [2.05, 4.69) is 0 Å². The summed E-state index contributed by atoms with van der Waals surface area (Å²) in [5, 5.41) is 0. The molecule has 0 radical (unpaired) electrons. The number of hydrogen-bond acceptors (Lipinski definition) is 4. The summed E-state index contributed by atoms with van der Waals surface area (Å²) in [4.78, 5) is 26.1. The van der Waals surface area contributed by atoms with Gasteiger partial charge in [-0.15, -0.1) is 0 Å². The molecule has 4 rings (SSSR count). The van der Waals surface area contributed by atoms with Gasteiger partial charge in [-0.05, 0) is 19.1 Å². The maximum absolute atomic E-state index is 12.4. The predicted molar refractivity (Wildman–Crippen MR) is 86.4 cm³/mol. The molecule has 0 spiro atoms. The Morgan fingerprint density at radius 1 is 1.00 bits per heavy atom. The first-order valence-electron chi connectivity index (χ1n) is 7.91. The summed E-state index contributed by atoms with van der Waals surface area (Å²) in [6.45, 7) is 2.37. The van der Waals surface area contributed by atoms with Gasteiger partial charge in [-0.1, -0.05) is 42.5 Å². The molecule has 0 saturated carbocycles. The molecule has 1 saturated heterocycles. The van der Waals surface area contributed by atoms with Crippen LogP contribution in [0, 0.1) is 0 Å². The van der Waals surface area contributed by atoms with Crippen LogP contribution in [0.2, 0.25) is 0 Å². The first-order chi connectivity index (χ1) is 11.6. The minimum absolute atomic E-state index is 0.189. The molecule has 24 heavy (non-hydrogen) atoms.